The lowest BCUT2D eigenvalue weighted by Gasteiger charge is -2.06. The van der Waals surface area contributed by atoms with E-state index in [0.717, 1.165) is 38.5 Å². The van der Waals surface area contributed by atoms with Gasteiger partial charge in [0.05, 0.1) is 0 Å². The molecular weight excluding hydrogens is 1420 g/mol. The van der Waals surface area contributed by atoms with Crippen LogP contribution in [0.15, 0.2) is 388 Å². The Labute approximate surface area is 706 Å². The maximum atomic E-state index is 2.34. The van der Waals surface area contributed by atoms with Crippen LogP contribution in [-0.4, -0.2) is 0 Å². The van der Waals surface area contributed by atoms with E-state index in [-0.39, 0.29) is 0 Å². The predicted molar refractivity (Wildman–Crippen MR) is 522 cm³/mol. The topological polar surface area (TPSA) is 0 Å². The lowest BCUT2D eigenvalue weighted by molar-refractivity contribution is 1.26. The fourth-order valence-electron chi connectivity index (χ4n) is 16.8. The average molecular weight is 1540 g/mol. The summed E-state index contributed by atoms with van der Waals surface area (Å²) in [5.74, 6) is 0. The third kappa shape index (κ3) is 19.3. The molecule has 0 bridgehead atoms. The van der Waals surface area contributed by atoms with Crippen molar-refractivity contribution in [3.8, 4) is 66.8 Å². The first kappa shape index (κ1) is 86.1. The molecule has 0 spiro atoms. The Balaban J connectivity index is 0.000000133. The normalized spacial score (nSPS) is 11.1. The third-order valence-electron chi connectivity index (χ3n) is 21.8. The number of hydrogen-bond acceptors (Lipinski definition) is 0. The van der Waals surface area contributed by atoms with Crippen LogP contribution < -0.4 is 0 Å². The molecular formula is C118H118. The molecule has 0 aliphatic heterocycles. The molecule has 0 radical (unpaired) electrons. The van der Waals surface area contributed by atoms with Crippen LogP contribution in [0.3, 0.4) is 0 Å². The first-order chi connectivity index (χ1) is 58.6. The largest absolute Gasteiger partial charge is 0.0683 e. The molecule has 0 N–H and O–H groups in total. The van der Waals surface area contributed by atoms with Crippen LogP contribution in [-0.2, 0) is 38.5 Å². The molecule has 0 nitrogen and oxygen atoms in total. The van der Waals surface area contributed by atoms with E-state index < -0.39 is 0 Å². The van der Waals surface area contributed by atoms with Crippen molar-refractivity contribution in [1.29, 1.82) is 0 Å². The summed E-state index contributed by atoms with van der Waals surface area (Å²) >= 11 is 0. The van der Waals surface area contributed by atoms with Gasteiger partial charge in [-0.1, -0.05) is 473 Å². The van der Waals surface area contributed by atoms with E-state index in [1.165, 1.54) is 187 Å². The average Bonchev–Trinajstić information content (AvgIpc) is 1.62. The minimum atomic E-state index is 1.08. The van der Waals surface area contributed by atoms with Gasteiger partial charge in [-0.25, -0.2) is 0 Å². The molecule has 18 aromatic carbocycles. The smallest absolute Gasteiger partial charge is 0.000729 e. The molecule has 0 saturated heterocycles. The summed E-state index contributed by atoms with van der Waals surface area (Å²) in [6.07, 6.45) is 6.50. The molecule has 0 fully saturated rings. The van der Waals surface area contributed by atoms with Crippen molar-refractivity contribution in [2.45, 2.75) is 135 Å². The second kappa shape index (κ2) is 43.8. The summed E-state index contributed by atoms with van der Waals surface area (Å²) in [6, 6.07) is 139. The van der Waals surface area contributed by atoms with Gasteiger partial charge in [-0.15, -0.1) is 0 Å². The van der Waals surface area contributed by atoms with Gasteiger partial charge in [-0.05, 0) is 238 Å². The van der Waals surface area contributed by atoms with Crippen LogP contribution in [0.1, 0.15) is 164 Å². The minimum Gasteiger partial charge on any atom is -0.0683 e. The maximum Gasteiger partial charge on any atom is -0.000729 e. The molecule has 0 unspecified atom stereocenters. The van der Waals surface area contributed by atoms with Crippen molar-refractivity contribution in [3.63, 3.8) is 0 Å². The van der Waals surface area contributed by atoms with Gasteiger partial charge in [0.2, 0.25) is 0 Å². The van der Waals surface area contributed by atoms with Crippen molar-refractivity contribution in [3.05, 3.63) is 455 Å². The van der Waals surface area contributed by atoms with Crippen LogP contribution in [0.4, 0.5) is 0 Å². The monoisotopic (exact) mass is 1530 g/mol. The fraction of sp³-hybridized carbons (Fsp3) is 0.169. The van der Waals surface area contributed by atoms with Crippen LogP contribution in [0.25, 0.3) is 121 Å². The van der Waals surface area contributed by atoms with Crippen LogP contribution in [0.5, 0.6) is 0 Å². The van der Waals surface area contributed by atoms with Crippen molar-refractivity contribution in [1.82, 2.24) is 0 Å². The molecule has 6 aliphatic carbocycles. The molecule has 118 heavy (non-hydrogen) atoms. The van der Waals surface area contributed by atoms with Gasteiger partial charge in [0, 0.05) is 0 Å². The van der Waals surface area contributed by atoms with Crippen molar-refractivity contribution in [2.75, 3.05) is 0 Å². The Morgan fingerprint density at radius 3 is 0.695 bits per heavy atom. The van der Waals surface area contributed by atoms with E-state index in [0.29, 0.717) is 0 Å². The van der Waals surface area contributed by atoms with E-state index in [2.05, 4.69) is 352 Å². The molecule has 0 aromatic heterocycles. The predicted octanol–water partition coefficient (Wildman–Crippen LogP) is 34.2. The van der Waals surface area contributed by atoms with Crippen molar-refractivity contribution in [2.24, 2.45) is 0 Å². The second-order valence-electron chi connectivity index (χ2n) is 28.0. The zero-order valence-electron chi connectivity index (χ0n) is 72.2. The highest BCUT2D eigenvalue weighted by Gasteiger charge is 2.24. The van der Waals surface area contributed by atoms with E-state index in [9.17, 15) is 0 Å². The van der Waals surface area contributed by atoms with E-state index >= 15 is 0 Å². The van der Waals surface area contributed by atoms with Crippen LogP contribution in [0, 0.1) is 0 Å². The SMILES string of the molecule is CC.CC.CC.CC.CC.CC.CC.c1ccc2c(c1)Cc1c-2ccc2ccccc12.c1ccc2c(c1)Cc1cc3ccccc3cc1-2.c1ccc2c(c1)Cc1cc3ccccc3cc1-2.c1ccc2c(c1)Cc1ccc3ccccc3c1-2.c1ccc2c(c1)Cc1ccc3ccccc3c1-2.c1ccc2c(c1)Cc1ccccc1-2.c1ccccc1. The summed E-state index contributed by atoms with van der Waals surface area (Å²) in [7, 11) is 0. The van der Waals surface area contributed by atoms with Crippen LogP contribution in [0.2, 0.25) is 0 Å². The molecule has 6 aliphatic rings. The first-order valence-electron chi connectivity index (χ1n) is 43.7. The molecule has 0 heteroatoms. The molecule has 24 rings (SSSR count). The van der Waals surface area contributed by atoms with E-state index in [1.807, 2.05) is 133 Å². The first-order valence-corrected chi connectivity index (χ1v) is 43.7. The fourth-order valence-corrected chi connectivity index (χ4v) is 16.8. The van der Waals surface area contributed by atoms with Gasteiger partial charge in [-0.3, -0.25) is 0 Å². The molecule has 0 saturated carbocycles. The Bertz CT molecular complexity index is 5880. The lowest BCUT2D eigenvalue weighted by atomic mass is 9.98. The van der Waals surface area contributed by atoms with Crippen molar-refractivity contribution >= 4 is 53.9 Å². The molecule has 18 aromatic rings. The van der Waals surface area contributed by atoms with Crippen LogP contribution >= 0.6 is 0 Å². The summed E-state index contributed by atoms with van der Waals surface area (Å²) in [5, 5.41) is 13.6. The van der Waals surface area contributed by atoms with Gasteiger partial charge < -0.3 is 0 Å². The Hall–Kier alpha value is -12.7. The Kier molecular flexibility index (Phi) is 32.0. The second-order valence-corrected chi connectivity index (χ2v) is 28.0. The summed E-state index contributed by atoms with van der Waals surface area (Å²) < 4.78 is 0. The Morgan fingerprint density at radius 2 is 0.347 bits per heavy atom. The lowest BCUT2D eigenvalue weighted by Crippen LogP contribution is -1.83. The molecule has 0 heterocycles. The van der Waals surface area contributed by atoms with Gasteiger partial charge in [0.1, 0.15) is 0 Å². The summed E-state index contributed by atoms with van der Waals surface area (Å²) in [6.45, 7) is 28.0. The molecule has 0 atom stereocenters. The number of hydrogen-bond donors (Lipinski definition) is 0. The summed E-state index contributed by atoms with van der Waals surface area (Å²) in [5.41, 5.74) is 34.6. The Morgan fingerprint density at radius 1 is 0.127 bits per heavy atom. The highest BCUT2D eigenvalue weighted by atomic mass is 14.3. The minimum absolute atomic E-state index is 1.08. The highest BCUT2D eigenvalue weighted by molar-refractivity contribution is 6.03. The van der Waals surface area contributed by atoms with Gasteiger partial charge in [0.25, 0.3) is 0 Å². The standard InChI is InChI=1S/5C17H12.C13H10.C6H6.7C2H6/c2*1-3-7-15-12(5-1)9-10-14-11-13-6-2-4-8-16(13)17(14)15;1-3-7-14-12(5-1)9-10-16-15-8-4-2-6-13(15)11-17(14)16;2*1-2-6-13-11-17-15(9-12(13)5-1)10-14-7-3-4-8-16(14)17;1-3-7-12-10(5-1)9-11-6-2-4-8-13(11)12;1-2-4-6-5-3-1;7*1-2/h3*1-10H,11H2;2*1-9,11H,10H2;1-8H,9H2;1-6H;7*1-2H3. The third-order valence-corrected chi connectivity index (χ3v) is 21.8. The zero-order valence-corrected chi connectivity index (χ0v) is 72.2. The van der Waals surface area contributed by atoms with Gasteiger partial charge in [-0.2, -0.15) is 0 Å². The van der Waals surface area contributed by atoms with Crippen molar-refractivity contribution < 1.29 is 0 Å². The number of rotatable bonds is 0. The maximum absolute atomic E-state index is 2.34. The van der Waals surface area contributed by atoms with E-state index in [1.54, 1.807) is 0 Å². The van der Waals surface area contributed by atoms with E-state index in [4.69, 9.17) is 0 Å². The van der Waals surface area contributed by atoms with Gasteiger partial charge in [0.15, 0.2) is 0 Å². The zero-order chi connectivity index (χ0) is 83.1. The summed E-state index contributed by atoms with van der Waals surface area (Å²) in [4.78, 5) is 0. The number of benzene rings is 18. The number of fused-ring (bicyclic) bond motifs is 26. The quantitative estimate of drug-likeness (QED) is 0.142. The molecule has 590 valence electrons. The highest BCUT2D eigenvalue weighted by Crippen LogP contribution is 2.46. The molecule has 0 amide bonds. The van der Waals surface area contributed by atoms with Gasteiger partial charge >= 0.3 is 0 Å².